The summed E-state index contributed by atoms with van der Waals surface area (Å²) < 4.78 is 11.3. The van der Waals surface area contributed by atoms with Gasteiger partial charge in [-0.1, -0.05) is 42.5 Å². The normalized spacial score (nSPS) is 14.5. The highest BCUT2D eigenvalue weighted by Gasteiger charge is 2.15. The molecule has 1 aromatic heterocycles. The lowest BCUT2D eigenvalue weighted by atomic mass is 10.1. The topological polar surface area (TPSA) is 64.4 Å². The van der Waals surface area contributed by atoms with Crippen LogP contribution in [0.25, 0.3) is 11.3 Å². The third-order valence-corrected chi connectivity index (χ3v) is 6.75. The van der Waals surface area contributed by atoms with Gasteiger partial charge in [0.25, 0.3) is 0 Å². The largest absolute Gasteiger partial charge is 0.440 e. The molecule has 0 radical (unpaired) electrons. The molecule has 162 valence electrons. The minimum atomic E-state index is -0.0358. The van der Waals surface area contributed by atoms with Crippen LogP contribution in [0.5, 0.6) is 0 Å². The first kappa shape index (κ1) is 21.7. The van der Waals surface area contributed by atoms with Crippen LogP contribution in [0.4, 0.5) is 5.69 Å². The molecule has 2 aromatic carbocycles. The maximum absolute atomic E-state index is 12.5. The zero-order chi connectivity index (χ0) is 21.5. The summed E-state index contributed by atoms with van der Waals surface area (Å²) >= 11 is 1.97. The Hall–Kier alpha value is -2.57. The smallest absolute Gasteiger partial charge is 0.224 e. The molecular formula is C25H28N2O3S. The van der Waals surface area contributed by atoms with E-state index in [-0.39, 0.29) is 5.91 Å². The highest BCUT2D eigenvalue weighted by atomic mass is 32.2. The molecule has 1 fully saturated rings. The lowest BCUT2D eigenvalue weighted by molar-refractivity contribution is -0.116. The Morgan fingerprint density at radius 2 is 1.94 bits per heavy atom. The molecule has 5 nitrogen and oxygen atoms in total. The number of nitrogens with zero attached hydrogens (tertiary/aromatic N) is 1. The highest BCUT2D eigenvalue weighted by molar-refractivity contribution is 7.99. The van der Waals surface area contributed by atoms with E-state index in [0.717, 1.165) is 54.5 Å². The molecule has 3 aromatic rings. The van der Waals surface area contributed by atoms with Crippen LogP contribution in [0.2, 0.25) is 0 Å². The first-order valence-corrected chi connectivity index (χ1v) is 11.8. The fourth-order valence-electron chi connectivity index (χ4n) is 3.66. The van der Waals surface area contributed by atoms with Gasteiger partial charge in [-0.05, 0) is 37.5 Å². The van der Waals surface area contributed by atoms with Crippen LogP contribution in [0, 0.1) is 6.92 Å². The number of oxazole rings is 1. The molecule has 1 aliphatic heterocycles. The lowest BCUT2D eigenvalue weighted by Crippen LogP contribution is -2.17. The van der Waals surface area contributed by atoms with Crippen LogP contribution in [0.1, 0.15) is 36.4 Å². The third kappa shape index (κ3) is 6.21. The fraction of sp³-hybridized carbons (Fsp3) is 0.360. The van der Waals surface area contributed by atoms with Gasteiger partial charge in [-0.15, -0.1) is 0 Å². The second kappa shape index (κ2) is 10.6. The number of hydrogen-bond donors (Lipinski definition) is 1. The van der Waals surface area contributed by atoms with E-state index in [1.807, 2.05) is 61.2 Å². The van der Waals surface area contributed by atoms with Crippen molar-refractivity contribution in [1.29, 1.82) is 0 Å². The summed E-state index contributed by atoms with van der Waals surface area (Å²) in [5.41, 5.74) is 3.91. The molecule has 0 saturated carbocycles. The summed E-state index contributed by atoms with van der Waals surface area (Å²) in [6.07, 6.45) is 3.04. The maximum atomic E-state index is 12.5. The molecule has 1 saturated heterocycles. The Morgan fingerprint density at radius 3 is 2.74 bits per heavy atom. The monoisotopic (exact) mass is 436 g/mol. The van der Waals surface area contributed by atoms with Gasteiger partial charge in [0.15, 0.2) is 11.7 Å². The Morgan fingerprint density at radius 1 is 1.13 bits per heavy atom. The Kier molecular flexibility index (Phi) is 7.43. The zero-order valence-electron chi connectivity index (χ0n) is 17.8. The molecule has 4 rings (SSSR count). The van der Waals surface area contributed by atoms with E-state index in [0.29, 0.717) is 24.0 Å². The maximum Gasteiger partial charge on any atom is 0.224 e. The molecule has 0 bridgehead atoms. The zero-order valence-corrected chi connectivity index (χ0v) is 18.6. The van der Waals surface area contributed by atoms with Crippen molar-refractivity contribution >= 4 is 23.4 Å². The molecule has 0 atom stereocenters. The Balaban J connectivity index is 1.28. The van der Waals surface area contributed by atoms with Gasteiger partial charge in [0.1, 0.15) is 0 Å². The van der Waals surface area contributed by atoms with E-state index in [1.54, 1.807) is 0 Å². The predicted molar refractivity (Wildman–Crippen MR) is 125 cm³/mol. The summed E-state index contributed by atoms with van der Waals surface area (Å²) in [6.45, 7) is 3.66. The molecule has 6 heteroatoms. The number of thioether (sulfide) groups is 1. The van der Waals surface area contributed by atoms with Crippen LogP contribution < -0.4 is 5.32 Å². The van der Waals surface area contributed by atoms with Crippen molar-refractivity contribution in [2.45, 2.75) is 43.6 Å². The molecule has 0 spiro atoms. The highest BCUT2D eigenvalue weighted by Crippen LogP contribution is 2.27. The average Bonchev–Trinajstić information content (AvgIpc) is 3.18. The number of aryl methyl sites for hydroxylation is 2. The second-order valence-electron chi connectivity index (χ2n) is 7.76. The number of ether oxygens (including phenoxy) is 1. The van der Waals surface area contributed by atoms with Gasteiger partial charge in [-0.25, -0.2) is 4.98 Å². The van der Waals surface area contributed by atoms with Crippen LogP contribution in [-0.2, 0) is 21.7 Å². The number of hydrogen-bond acceptors (Lipinski definition) is 5. The molecular weight excluding hydrogens is 408 g/mol. The van der Waals surface area contributed by atoms with Crippen molar-refractivity contribution in [3.63, 3.8) is 0 Å². The van der Waals surface area contributed by atoms with Gasteiger partial charge in [0, 0.05) is 48.3 Å². The molecule has 2 heterocycles. The number of anilines is 1. The minimum absolute atomic E-state index is 0.0358. The van der Waals surface area contributed by atoms with E-state index in [1.165, 1.54) is 5.56 Å². The Labute approximate surface area is 187 Å². The number of nitrogens with one attached hydrogen (secondary N) is 1. The quantitative estimate of drug-likeness (QED) is 0.495. The number of carbonyl (C=O) groups excluding carboxylic acids is 1. The molecule has 1 aliphatic rings. The summed E-state index contributed by atoms with van der Waals surface area (Å²) in [5, 5.41) is 3.67. The predicted octanol–water partition coefficient (Wildman–Crippen LogP) is 5.63. The molecule has 1 N–H and O–H groups in total. The number of benzene rings is 2. The first-order valence-electron chi connectivity index (χ1n) is 10.8. The van der Waals surface area contributed by atoms with Crippen molar-refractivity contribution in [2.24, 2.45) is 0 Å². The van der Waals surface area contributed by atoms with Crippen LogP contribution in [0.3, 0.4) is 0 Å². The standard InChI is InChI=1S/C25H28N2O3S/c1-18-25(20-7-3-2-4-8-20)30-24(26-18)11-10-23(28)27-21-9-5-6-19(16-21)17-31-22-12-14-29-15-13-22/h2-9,16,22H,10-15,17H2,1H3,(H,27,28). The summed E-state index contributed by atoms with van der Waals surface area (Å²) in [6, 6.07) is 18.0. The van der Waals surface area contributed by atoms with Crippen LogP contribution >= 0.6 is 11.8 Å². The van der Waals surface area contributed by atoms with Gasteiger partial charge in [0.05, 0.1) is 5.69 Å². The van der Waals surface area contributed by atoms with Crippen molar-refractivity contribution in [3.05, 3.63) is 71.7 Å². The van der Waals surface area contributed by atoms with Crippen LogP contribution in [0.15, 0.2) is 59.0 Å². The summed E-state index contributed by atoms with van der Waals surface area (Å²) in [4.78, 5) is 17.0. The second-order valence-corrected chi connectivity index (χ2v) is 9.05. The van der Waals surface area contributed by atoms with E-state index < -0.39 is 0 Å². The van der Waals surface area contributed by atoms with Crippen molar-refractivity contribution in [3.8, 4) is 11.3 Å². The Bertz CT molecular complexity index is 997. The molecule has 31 heavy (non-hydrogen) atoms. The third-order valence-electron chi connectivity index (χ3n) is 5.31. The minimum Gasteiger partial charge on any atom is -0.440 e. The molecule has 0 unspecified atom stereocenters. The molecule has 1 amide bonds. The van der Waals surface area contributed by atoms with E-state index in [9.17, 15) is 4.79 Å². The van der Waals surface area contributed by atoms with E-state index in [2.05, 4.69) is 22.4 Å². The van der Waals surface area contributed by atoms with Gasteiger partial charge in [0.2, 0.25) is 5.91 Å². The molecule has 0 aliphatic carbocycles. The number of carbonyl (C=O) groups is 1. The summed E-state index contributed by atoms with van der Waals surface area (Å²) in [5.74, 6) is 2.27. The van der Waals surface area contributed by atoms with E-state index in [4.69, 9.17) is 9.15 Å². The lowest BCUT2D eigenvalue weighted by Gasteiger charge is -2.21. The number of amides is 1. The van der Waals surface area contributed by atoms with Gasteiger partial charge in [-0.3, -0.25) is 4.79 Å². The van der Waals surface area contributed by atoms with Gasteiger partial charge in [-0.2, -0.15) is 11.8 Å². The van der Waals surface area contributed by atoms with Gasteiger partial charge < -0.3 is 14.5 Å². The SMILES string of the molecule is Cc1nc(CCC(=O)Nc2cccc(CSC3CCOCC3)c2)oc1-c1ccccc1. The first-order chi connectivity index (χ1) is 15.2. The van der Waals surface area contributed by atoms with Crippen molar-refractivity contribution < 1.29 is 13.9 Å². The fourth-order valence-corrected chi connectivity index (χ4v) is 4.79. The summed E-state index contributed by atoms with van der Waals surface area (Å²) in [7, 11) is 0. The van der Waals surface area contributed by atoms with Crippen molar-refractivity contribution in [1.82, 2.24) is 4.98 Å². The van der Waals surface area contributed by atoms with Gasteiger partial charge >= 0.3 is 0 Å². The number of rotatable bonds is 8. The van der Waals surface area contributed by atoms with E-state index >= 15 is 0 Å². The van der Waals surface area contributed by atoms with Crippen molar-refractivity contribution in [2.75, 3.05) is 18.5 Å². The number of aromatic nitrogens is 1. The van der Waals surface area contributed by atoms with Crippen LogP contribution in [-0.4, -0.2) is 29.4 Å². The average molecular weight is 437 g/mol.